The number of hydrogen-bond donors (Lipinski definition) is 0. The molecule has 0 aromatic heterocycles. The maximum absolute atomic E-state index is 2.25. The fourth-order valence-electron chi connectivity index (χ4n) is 0.885. The van der Waals surface area contributed by atoms with E-state index in [4.69, 9.17) is 0 Å². The molecule has 0 radical (unpaired) electrons. The summed E-state index contributed by atoms with van der Waals surface area (Å²) in [6, 6.07) is 0. The summed E-state index contributed by atoms with van der Waals surface area (Å²) in [5.41, 5.74) is 1.45. The van der Waals surface area contributed by atoms with Crippen molar-refractivity contribution < 1.29 is 0 Å². The van der Waals surface area contributed by atoms with Crippen LogP contribution in [0.3, 0.4) is 0 Å². The molecule has 0 amide bonds. The number of rotatable bonds is 4. The standard InChI is InChI=1S/C9H19N/c1-5-7-10(4)8-9(3)6-2/h8H,5-7H2,1-4H3/b9-8+. The molecule has 1 heteroatoms. The molecule has 10 heavy (non-hydrogen) atoms. The van der Waals surface area contributed by atoms with Crippen molar-refractivity contribution in [3.8, 4) is 0 Å². The van der Waals surface area contributed by atoms with Crippen molar-refractivity contribution in [3.05, 3.63) is 11.8 Å². The van der Waals surface area contributed by atoms with E-state index in [1.165, 1.54) is 12.0 Å². The molecule has 0 aliphatic heterocycles. The molecule has 0 N–H and O–H groups in total. The molecule has 0 bridgehead atoms. The SMILES string of the molecule is CCCN(C)/C=C(\C)CC. The Morgan fingerprint density at radius 2 is 2.00 bits per heavy atom. The van der Waals surface area contributed by atoms with Crippen LogP contribution < -0.4 is 0 Å². The highest BCUT2D eigenvalue weighted by molar-refractivity contribution is 4.95. The molecule has 0 heterocycles. The zero-order chi connectivity index (χ0) is 7.98. The molecule has 0 aromatic carbocycles. The first-order chi connectivity index (χ1) is 4.70. The van der Waals surface area contributed by atoms with E-state index in [0.717, 1.165) is 13.0 Å². The lowest BCUT2D eigenvalue weighted by Crippen LogP contribution is -2.11. The summed E-state index contributed by atoms with van der Waals surface area (Å²) in [4.78, 5) is 2.25. The van der Waals surface area contributed by atoms with Crippen LogP contribution in [0.15, 0.2) is 11.8 Å². The summed E-state index contributed by atoms with van der Waals surface area (Å²) in [6.07, 6.45) is 4.61. The molecule has 0 spiro atoms. The largest absolute Gasteiger partial charge is 0.380 e. The molecule has 0 saturated carbocycles. The van der Waals surface area contributed by atoms with E-state index >= 15 is 0 Å². The van der Waals surface area contributed by atoms with Gasteiger partial charge in [-0.25, -0.2) is 0 Å². The second-order valence-electron chi connectivity index (χ2n) is 2.81. The van der Waals surface area contributed by atoms with Gasteiger partial charge in [0.05, 0.1) is 0 Å². The molecule has 0 fully saturated rings. The van der Waals surface area contributed by atoms with Gasteiger partial charge < -0.3 is 4.90 Å². The Morgan fingerprint density at radius 1 is 1.40 bits per heavy atom. The highest BCUT2D eigenvalue weighted by Crippen LogP contribution is 1.99. The zero-order valence-corrected chi connectivity index (χ0v) is 7.65. The maximum Gasteiger partial charge on any atom is 0.0166 e. The molecular formula is C9H19N. The summed E-state index contributed by atoms with van der Waals surface area (Å²) < 4.78 is 0. The lowest BCUT2D eigenvalue weighted by atomic mass is 10.2. The molecule has 0 saturated heterocycles. The summed E-state index contributed by atoms with van der Waals surface area (Å²) in [5, 5.41) is 0. The van der Waals surface area contributed by atoms with Crippen molar-refractivity contribution >= 4 is 0 Å². The molecule has 0 unspecified atom stereocenters. The second kappa shape index (κ2) is 5.33. The quantitative estimate of drug-likeness (QED) is 0.581. The third-order valence-corrected chi connectivity index (χ3v) is 1.57. The van der Waals surface area contributed by atoms with Gasteiger partial charge in [-0.3, -0.25) is 0 Å². The molecule has 0 rings (SSSR count). The molecule has 60 valence electrons. The van der Waals surface area contributed by atoms with Gasteiger partial charge in [-0.2, -0.15) is 0 Å². The smallest absolute Gasteiger partial charge is 0.0166 e. The van der Waals surface area contributed by atoms with E-state index in [0.29, 0.717) is 0 Å². The minimum atomic E-state index is 1.16. The van der Waals surface area contributed by atoms with Crippen LogP contribution in [0.4, 0.5) is 0 Å². The first-order valence-corrected chi connectivity index (χ1v) is 4.08. The van der Waals surface area contributed by atoms with Gasteiger partial charge in [0.15, 0.2) is 0 Å². The number of nitrogens with zero attached hydrogens (tertiary/aromatic N) is 1. The van der Waals surface area contributed by atoms with Gasteiger partial charge in [-0.1, -0.05) is 19.4 Å². The molecule has 0 aliphatic carbocycles. The predicted octanol–water partition coefficient (Wildman–Crippen LogP) is 2.64. The van der Waals surface area contributed by atoms with Crippen LogP contribution in [-0.4, -0.2) is 18.5 Å². The number of hydrogen-bond acceptors (Lipinski definition) is 1. The Morgan fingerprint density at radius 3 is 2.40 bits per heavy atom. The van der Waals surface area contributed by atoms with Gasteiger partial charge in [-0.05, 0) is 26.0 Å². The van der Waals surface area contributed by atoms with E-state index in [9.17, 15) is 0 Å². The van der Waals surface area contributed by atoms with Crippen LogP contribution in [0.25, 0.3) is 0 Å². The van der Waals surface area contributed by atoms with Crippen molar-refractivity contribution in [2.24, 2.45) is 0 Å². The van der Waals surface area contributed by atoms with Crippen molar-refractivity contribution in [1.82, 2.24) is 4.90 Å². The van der Waals surface area contributed by atoms with E-state index < -0.39 is 0 Å². The Labute approximate surface area is 64.7 Å². The first kappa shape index (κ1) is 9.54. The Hall–Kier alpha value is -0.460. The van der Waals surface area contributed by atoms with E-state index in [2.05, 4.69) is 38.9 Å². The third kappa shape index (κ3) is 4.42. The Balaban J connectivity index is 3.62. The molecular weight excluding hydrogens is 122 g/mol. The molecule has 0 aromatic rings. The van der Waals surface area contributed by atoms with Gasteiger partial charge in [-0.15, -0.1) is 0 Å². The molecule has 0 aliphatic rings. The fourth-order valence-corrected chi connectivity index (χ4v) is 0.885. The van der Waals surface area contributed by atoms with Gasteiger partial charge >= 0.3 is 0 Å². The summed E-state index contributed by atoms with van der Waals surface area (Å²) in [6.45, 7) is 7.72. The van der Waals surface area contributed by atoms with Gasteiger partial charge in [0.25, 0.3) is 0 Å². The minimum absolute atomic E-state index is 1.16. The van der Waals surface area contributed by atoms with Crippen LogP contribution in [-0.2, 0) is 0 Å². The summed E-state index contributed by atoms with van der Waals surface area (Å²) >= 11 is 0. The summed E-state index contributed by atoms with van der Waals surface area (Å²) in [7, 11) is 2.13. The van der Waals surface area contributed by atoms with Crippen LogP contribution in [0.1, 0.15) is 33.6 Å². The van der Waals surface area contributed by atoms with Crippen molar-refractivity contribution in [3.63, 3.8) is 0 Å². The van der Waals surface area contributed by atoms with Crippen molar-refractivity contribution in [2.45, 2.75) is 33.6 Å². The van der Waals surface area contributed by atoms with E-state index in [-0.39, 0.29) is 0 Å². The van der Waals surface area contributed by atoms with Crippen LogP contribution in [0.5, 0.6) is 0 Å². The topological polar surface area (TPSA) is 3.24 Å². The lowest BCUT2D eigenvalue weighted by molar-refractivity contribution is 0.450. The minimum Gasteiger partial charge on any atom is -0.380 e. The monoisotopic (exact) mass is 141 g/mol. The highest BCUT2D eigenvalue weighted by atomic mass is 15.1. The second-order valence-corrected chi connectivity index (χ2v) is 2.81. The van der Waals surface area contributed by atoms with E-state index in [1.54, 1.807) is 0 Å². The van der Waals surface area contributed by atoms with Crippen molar-refractivity contribution in [1.29, 1.82) is 0 Å². The molecule has 0 atom stereocenters. The van der Waals surface area contributed by atoms with Crippen LogP contribution in [0.2, 0.25) is 0 Å². The fraction of sp³-hybridized carbons (Fsp3) is 0.778. The van der Waals surface area contributed by atoms with Gasteiger partial charge in [0, 0.05) is 13.6 Å². The summed E-state index contributed by atoms with van der Waals surface area (Å²) in [5.74, 6) is 0. The van der Waals surface area contributed by atoms with Crippen molar-refractivity contribution in [2.75, 3.05) is 13.6 Å². The predicted molar refractivity (Wildman–Crippen MR) is 47.0 cm³/mol. The van der Waals surface area contributed by atoms with Crippen LogP contribution >= 0.6 is 0 Å². The van der Waals surface area contributed by atoms with Gasteiger partial charge in [0.1, 0.15) is 0 Å². The third-order valence-electron chi connectivity index (χ3n) is 1.57. The Bertz CT molecular complexity index is 105. The highest BCUT2D eigenvalue weighted by Gasteiger charge is 1.88. The molecule has 1 nitrogen and oxygen atoms in total. The first-order valence-electron chi connectivity index (χ1n) is 4.08. The normalized spacial score (nSPS) is 11.8. The average Bonchev–Trinajstić information content (AvgIpc) is 1.88. The van der Waals surface area contributed by atoms with E-state index in [1.807, 2.05) is 0 Å². The average molecular weight is 141 g/mol. The Kier molecular flexibility index (Phi) is 5.09. The zero-order valence-electron chi connectivity index (χ0n) is 7.65. The lowest BCUT2D eigenvalue weighted by Gasteiger charge is -2.13. The maximum atomic E-state index is 2.25. The van der Waals surface area contributed by atoms with Crippen LogP contribution in [0, 0.1) is 0 Å². The van der Waals surface area contributed by atoms with Gasteiger partial charge in [0.2, 0.25) is 0 Å². The number of allylic oxidation sites excluding steroid dienone is 1.